The molecule has 0 bridgehead atoms. The summed E-state index contributed by atoms with van der Waals surface area (Å²) in [5.74, 6) is -5.09. The summed E-state index contributed by atoms with van der Waals surface area (Å²) in [5.41, 5.74) is 0.445. The van der Waals surface area contributed by atoms with Crippen LogP contribution in [-0.2, 0) is 14.8 Å². The fourth-order valence-electron chi connectivity index (χ4n) is 3.12. The molecule has 31 heavy (non-hydrogen) atoms. The molecule has 0 N–H and O–H groups in total. The van der Waals surface area contributed by atoms with E-state index < -0.39 is 38.5 Å². The third-order valence-corrected chi connectivity index (χ3v) is 6.73. The maximum Gasteiger partial charge on any atom is 0.263 e. The van der Waals surface area contributed by atoms with Gasteiger partial charge in [-0.05, 0) is 43.3 Å². The van der Waals surface area contributed by atoms with Crippen molar-refractivity contribution in [1.29, 1.82) is 5.26 Å². The third kappa shape index (κ3) is 4.65. The number of nitriles is 1. The molecule has 7 nitrogen and oxygen atoms in total. The lowest BCUT2D eigenvalue weighted by molar-refractivity contribution is -0.139. The van der Waals surface area contributed by atoms with Gasteiger partial charge in [-0.1, -0.05) is 0 Å². The van der Waals surface area contributed by atoms with E-state index in [9.17, 15) is 26.4 Å². The summed E-state index contributed by atoms with van der Waals surface area (Å²) in [6.45, 7) is 1.29. The lowest BCUT2D eigenvalue weighted by Crippen LogP contribution is -2.53. The van der Waals surface area contributed by atoms with Crippen LogP contribution in [0.25, 0.3) is 0 Å². The first-order chi connectivity index (χ1) is 14.6. The summed E-state index contributed by atoms with van der Waals surface area (Å²) in [6.07, 6.45) is -0.861. The number of benzene rings is 2. The number of ether oxygens (including phenoxy) is 1. The van der Waals surface area contributed by atoms with Gasteiger partial charge in [-0.15, -0.1) is 0 Å². The minimum Gasteiger partial charge on any atom is -0.481 e. The third-order valence-electron chi connectivity index (χ3n) is 4.81. The number of sulfonamides is 1. The molecule has 2 aromatic rings. The van der Waals surface area contributed by atoms with Crippen LogP contribution in [0.3, 0.4) is 0 Å². The molecule has 1 atom stereocenters. The molecule has 1 aliphatic rings. The zero-order valence-electron chi connectivity index (χ0n) is 16.4. The summed E-state index contributed by atoms with van der Waals surface area (Å²) >= 11 is 0. The molecule has 0 saturated carbocycles. The van der Waals surface area contributed by atoms with Crippen molar-refractivity contribution in [2.45, 2.75) is 17.9 Å². The molecule has 1 heterocycles. The molecule has 0 radical (unpaired) electrons. The molecular formula is C20H18F3N3O4S. The molecule has 1 aliphatic heterocycles. The van der Waals surface area contributed by atoms with Crippen LogP contribution in [0, 0.1) is 28.8 Å². The average Bonchev–Trinajstić information content (AvgIpc) is 2.77. The summed E-state index contributed by atoms with van der Waals surface area (Å²) in [5, 5.41) is 8.81. The number of halogens is 3. The number of hydrogen-bond acceptors (Lipinski definition) is 5. The topological polar surface area (TPSA) is 90.7 Å². The first-order valence-electron chi connectivity index (χ1n) is 9.24. The number of piperazine rings is 1. The fraction of sp³-hybridized carbons (Fsp3) is 0.300. The highest BCUT2D eigenvalue weighted by Crippen LogP contribution is 2.24. The Hall–Kier alpha value is -3.10. The van der Waals surface area contributed by atoms with Crippen molar-refractivity contribution >= 4 is 15.9 Å². The molecular weight excluding hydrogens is 435 g/mol. The van der Waals surface area contributed by atoms with E-state index in [2.05, 4.69) is 0 Å². The molecule has 0 spiro atoms. The number of carbonyl (C=O) groups excluding carboxylic acids is 1. The Morgan fingerprint density at radius 2 is 1.65 bits per heavy atom. The number of carbonyl (C=O) groups is 1. The lowest BCUT2D eigenvalue weighted by Gasteiger charge is -2.35. The molecule has 1 fully saturated rings. The van der Waals surface area contributed by atoms with Gasteiger partial charge in [-0.3, -0.25) is 4.79 Å². The van der Waals surface area contributed by atoms with E-state index in [1.807, 2.05) is 6.07 Å². The summed E-state index contributed by atoms with van der Waals surface area (Å²) in [7, 11) is -4.40. The van der Waals surface area contributed by atoms with Crippen molar-refractivity contribution in [1.82, 2.24) is 9.21 Å². The van der Waals surface area contributed by atoms with Crippen LogP contribution in [0.5, 0.6) is 5.75 Å². The lowest BCUT2D eigenvalue weighted by atomic mass is 10.2. The van der Waals surface area contributed by atoms with Crippen LogP contribution in [-0.4, -0.2) is 55.8 Å². The minimum absolute atomic E-state index is 0.0183. The molecule has 164 valence electrons. The van der Waals surface area contributed by atoms with Crippen molar-refractivity contribution in [2.24, 2.45) is 0 Å². The standard InChI is InChI=1S/C20H18F3N3O4S/c1-13(30-15-4-2-14(12-24)3-5-15)20(27)25-8-10-26(11-9-25)31(28,29)17-7-6-16(21)18(22)19(17)23/h2-7,13H,8-11H2,1H3. The van der Waals surface area contributed by atoms with Gasteiger partial charge in [0.2, 0.25) is 10.0 Å². The van der Waals surface area contributed by atoms with E-state index in [1.165, 1.54) is 4.90 Å². The van der Waals surface area contributed by atoms with Gasteiger partial charge >= 0.3 is 0 Å². The van der Waals surface area contributed by atoms with E-state index in [0.717, 1.165) is 4.31 Å². The largest absolute Gasteiger partial charge is 0.481 e. The molecule has 3 rings (SSSR count). The molecule has 2 aromatic carbocycles. The smallest absolute Gasteiger partial charge is 0.263 e. The Morgan fingerprint density at radius 1 is 1.03 bits per heavy atom. The van der Waals surface area contributed by atoms with Crippen molar-refractivity contribution < 1.29 is 31.1 Å². The van der Waals surface area contributed by atoms with Crippen LogP contribution in [0.2, 0.25) is 0 Å². The number of rotatable bonds is 5. The predicted octanol–water partition coefficient (Wildman–Crippen LogP) is 2.28. The van der Waals surface area contributed by atoms with Crippen molar-refractivity contribution in [3.05, 3.63) is 59.4 Å². The monoisotopic (exact) mass is 453 g/mol. The van der Waals surface area contributed by atoms with Crippen LogP contribution in [0.4, 0.5) is 13.2 Å². The molecule has 1 saturated heterocycles. The highest BCUT2D eigenvalue weighted by Gasteiger charge is 2.34. The van der Waals surface area contributed by atoms with Crippen molar-refractivity contribution in [3.63, 3.8) is 0 Å². The minimum atomic E-state index is -4.40. The SMILES string of the molecule is CC(Oc1ccc(C#N)cc1)C(=O)N1CCN(S(=O)(=O)c2ccc(F)c(F)c2F)CC1. The molecule has 11 heteroatoms. The second kappa shape index (κ2) is 8.95. The van der Waals surface area contributed by atoms with Crippen LogP contribution < -0.4 is 4.74 Å². The number of amides is 1. The summed E-state index contributed by atoms with van der Waals surface area (Å²) in [6, 6.07) is 9.41. The second-order valence-corrected chi connectivity index (χ2v) is 8.71. The van der Waals surface area contributed by atoms with Crippen molar-refractivity contribution in [2.75, 3.05) is 26.2 Å². The van der Waals surface area contributed by atoms with E-state index in [1.54, 1.807) is 31.2 Å². The summed E-state index contributed by atoms with van der Waals surface area (Å²) in [4.78, 5) is 13.1. The number of hydrogen-bond donors (Lipinski definition) is 0. The van der Waals surface area contributed by atoms with Gasteiger partial charge in [0.25, 0.3) is 5.91 Å². The van der Waals surface area contributed by atoms with Gasteiger partial charge in [0.05, 0.1) is 11.6 Å². The van der Waals surface area contributed by atoms with Gasteiger partial charge < -0.3 is 9.64 Å². The van der Waals surface area contributed by atoms with Crippen LogP contribution >= 0.6 is 0 Å². The first kappa shape index (κ1) is 22.6. The Balaban J connectivity index is 1.63. The maximum absolute atomic E-state index is 14.0. The average molecular weight is 453 g/mol. The Morgan fingerprint density at radius 3 is 2.23 bits per heavy atom. The van der Waals surface area contributed by atoms with Gasteiger partial charge in [-0.2, -0.15) is 9.57 Å². The van der Waals surface area contributed by atoms with E-state index in [4.69, 9.17) is 10.00 Å². The number of nitrogens with zero attached hydrogens (tertiary/aromatic N) is 3. The quantitative estimate of drug-likeness (QED) is 0.648. The van der Waals surface area contributed by atoms with Gasteiger partial charge in [-0.25, -0.2) is 21.6 Å². The molecule has 1 amide bonds. The summed E-state index contributed by atoms with van der Waals surface area (Å²) < 4.78 is 72.2. The molecule has 0 aliphatic carbocycles. The first-order valence-corrected chi connectivity index (χ1v) is 10.7. The Labute approximate surface area is 177 Å². The van der Waals surface area contributed by atoms with Gasteiger partial charge in [0.1, 0.15) is 10.6 Å². The van der Waals surface area contributed by atoms with Gasteiger partial charge in [0, 0.05) is 26.2 Å². The molecule has 0 aromatic heterocycles. The fourth-order valence-corrected chi connectivity index (χ4v) is 4.59. The van der Waals surface area contributed by atoms with E-state index >= 15 is 0 Å². The van der Waals surface area contributed by atoms with E-state index in [-0.39, 0.29) is 32.1 Å². The molecule has 1 unspecified atom stereocenters. The highest BCUT2D eigenvalue weighted by molar-refractivity contribution is 7.89. The predicted molar refractivity (Wildman–Crippen MR) is 103 cm³/mol. The van der Waals surface area contributed by atoms with Gasteiger partial charge in [0.15, 0.2) is 23.6 Å². The zero-order chi connectivity index (χ0) is 22.8. The zero-order valence-corrected chi connectivity index (χ0v) is 17.2. The Bertz CT molecular complexity index is 1130. The van der Waals surface area contributed by atoms with E-state index in [0.29, 0.717) is 23.4 Å². The van der Waals surface area contributed by atoms with Crippen molar-refractivity contribution in [3.8, 4) is 11.8 Å². The van der Waals surface area contributed by atoms with Crippen LogP contribution in [0.15, 0.2) is 41.3 Å². The van der Waals surface area contributed by atoms with Crippen LogP contribution in [0.1, 0.15) is 12.5 Å². The highest BCUT2D eigenvalue weighted by atomic mass is 32.2. The normalized spacial score (nSPS) is 15.9. The second-order valence-electron chi connectivity index (χ2n) is 6.80. The Kier molecular flexibility index (Phi) is 6.52. The maximum atomic E-state index is 14.0.